The van der Waals surface area contributed by atoms with Crippen molar-refractivity contribution >= 4 is 5.82 Å². The number of piperidine rings is 1. The van der Waals surface area contributed by atoms with Crippen molar-refractivity contribution in [3.05, 3.63) is 18.1 Å². The van der Waals surface area contributed by atoms with Crippen LogP contribution in [0, 0.1) is 11.8 Å². The third-order valence-corrected chi connectivity index (χ3v) is 3.11. The van der Waals surface area contributed by atoms with Gasteiger partial charge in [0, 0.05) is 32.0 Å². The monoisotopic (exact) mass is 220 g/mol. The van der Waals surface area contributed by atoms with Gasteiger partial charge >= 0.3 is 0 Å². The minimum Gasteiger partial charge on any atom is -0.355 e. The zero-order chi connectivity index (χ0) is 11.5. The van der Waals surface area contributed by atoms with Gasteiger partial charge in [0.1, 0.15) is 0 Å². The molecule has 0 saturated carbocycles. The molecule has 1 aromatic rings. The second-order valence-corrected chi connectivity index (χ2v) is 4.88. The van der Waals surface area contributed by atoms with E-state index in [1.165, 1.54) is 6.42 Å². The standard InChI is InChI=1S/C12H20N4/c1-9-5-10(2)8-16(7-9)12-11(6-13)14-3-4-15-12/h3-4,9-10H,5-8,13H2,1-2H3. The minimum atomic E-state index is 0.461. The normalized spacial score (nSPS) is 25.8. The summed E-state index contributed by atoms with van der Waals surface area (Å²) in [7, 11) is 0. The second kappa shape index (κ2) is 4.78. The first-order valence-corrected chi connectivity index (χ1v) is 5.95. The van der Waals surface area contributed by atoms with E-state index >= 15 is 0 Å². The molecule has 2 heterocycles. The summed E-state index contributed by atoms with van der Waals surface area (Å²) in [5.74, 6) is 2.41. The van der Waals surface area contributed by atoms with Crippen molar-refractivity contribution in [3.63, 3.8) is 0 Å². The van der Waals surface area contributed by atoms with Crippen molar-refractivity contribution in [1.82, 2.24) is 9.97 Å². The Balaban J connectivity index is 2.22. The molecule has 2 unspecified atom stereocenters. The highest BCUT2D eigenvalue weighted by Crippen LogP contribution is 2.26. The van der Waals surface area contributed by atoms with E-state index in [1.807, 2.05) is 0 Å². The molecule has 4 nitrogen and oxygen atoms in total. The fourth-order valence-corrected chi connectivity index (χ4v) is 2.60. The maximum absolute atomic E-state index is 5.70. The van der Waals surface area contributed by atoms with Gasteiger partial charge in [-0.2, -0.15) is 0 Å². The van der Waals surface area contributed by atoms with E-state index in [1.54, 1.807) is 12.4 Å². The van der Waals surface area contributed by atoms with Gasteiger partial charge < -0.3 is 10.6 Å². The second-order valence-electron chi connectivity index (χ2n) is 4.88. The Hall–Kier alpha value is -1.16. The van der Waals surface area contributed by atoms with Gasteiger partial charge in [0.15, 0.2) is 5.82 Å². The molecule has 16 heavy (non-hydrogen) atoms. The van der Waals surface area contributed by atoms with Gasteiger partial charge in [-0.3, -0.25) is 4.98 Å². The Labute approximate surface area is 96.9 Å². The van der Waals surface area contributed by atoms with Gasteiger partial charge in [0.05, 0.1) is 5.69 Å². The zero-order valence-electron chi connectivity index (χ0n) is 10.1. The lowest BCUT2D eigenvalue weighted by Gasteiger charge is -2.36. The molecule has 1 fully saturated rings. The number of anilines is 1. The molecule has 0 aromatic carbocycles. The zero-order valence-corrected chi connectivity index (χ0v) is 10.1. The number of hydrogen-bond donors (Lipinski definition) is 1. The molecule has 2 atom stereocenters. The Bertz CT molecular complexity index is 343. The number of aromatic nitrogens is 2. The number of nitrogens with two attached hydrogens (primary N) is 1. The van der Waals surface area contributed by atoms with Crippen LogP contribution < -0.4 is 10.6 Å². The summed E-state index contributed by atoms with van der Waals surface area (Å²) in [5, 5.41) is 0. The Morgan fingerprint density at radius 3 is 2.50 bits per heavy atom. The van der Waals surface area contributed by atoms with Crippen LogP contribution in [0.25, 0.3) is 0 Å². The molecule has 2 N–H and O–H groups in total. The van der Waals surface area contributed by atoms with Crippen LogP contribution >= 0.6 is 0 Å². The van der Waals surface area contributed by atoms with Crippen LogP contribution in [0.5, 0.6) is 0 Å². The van der Waals surface area contributed by atoms with Crippen LogP contribution in [0.3, 0.4) is 0 Å². The molecule has 2 rings (SSSR count). The molecule has 0 radical (unpaired) electrons. The summed E-state index contributed by atoms with van der Waals surface area (Å²) in [6.45, 7) is 7.18. The van der Waals surface area contributed by atoms with E-state index < -0.39 is 0 Å². The van der Waals surface area contributed by atoms with E-state index in [2.05, 4.69) is 28.7 Å². The Morgan fingerprint density at radius 1 is 1.25 bits per heavy atom. The highest BCUT2D eigenvalue weighted by atomic mass is 15.2. The molecule has 1 saturated heterocycles. The van der Waals surface area contributed by atoms with Gasteiger partial charge in [0.25, 0.3) is 0 Å². The SMILES string of the molecule is CC1CC(C)CN(c2nccnc2CN)C1. The Kier molecular flexibility index (Phi) is 3.39. The number of hydrogen-bond acceptors (Lipinski definition) is 4. The highest BCUT2D eigenvalue weighted by Gasteiger charge is 2.24. The van der Waals surface area contributed by atoms with E-state index in [0.29, 0.717) is 6.54 Å². The maximum Gasteiger partial charge on any atom is 0.151 e. The predicted molar refractivity (Wildman–Crippen MR) is 65.1 cm³/mol. The minimum absolute atomic E-state index is 0.461. The summed E-state index contributed by atoms with van der Waals surface area (Å²) in [5.41, 5.74) is 6.60. The topological polar surface area (TPSA) is 55.0 Å². The first-order valence-electron chi connectivity index (χ1n) is 5.95. The molecule has 0 bridgehead atoms. The lowest BCUT2D eigenvalue weighted by Crippen LogP contribution is -2.40. The quantitative estimate of drug-likeness (QED) is 0.819. The summed E-state index contributed by atoms with van der Waals surface area (Å²) < 4.78 is 0. The van der Waals surface area contributed by atoms with Crippen molar-refractivity contribution in [1.29, 1.82) is 0 Å². The first kappa shape index (κ1) is 11.3. The van der Waals surface area contributed by atoms with E-state index in [9.17, 15) is 0 Å². The summed E-state index contributed by atoms with van der Waals surface area (Å²) in [6, 6.07) is 0. The van der Waals surface area contributed by atoms with Gasteiger partial charge in [0.2, 0.25) is 0 Å². The third kappa shape index (κ3) is 2.32. The molecular formula is C12H20N4. The van der Waals surface area contributed by atoms with Crippen molar-refractivity contribution < 1.29 is 0 Å². The first-order chi connectivity index (χ1) is 7.70. The molecule has 1 aliphatic rings. The molecule has 88 valence electrons. The average molecular weight is 220 g/mol. The predicted octanol–water partition coefficient (Wildman–Crippen LogP) is 1.42. The highest BCUT2D eigenvalue weighted by molar-refractivity contribution is 5.43. The summed E-state index contributed by atoms with van der Waals surface area (Å²) in [4.78, 5) is 11.0. The number of nitrogens with zero attached hydrogens (tertiary/aromatic N) is 3. The van der Waals surface area contributed by atoms with Gasteiger partial charge in [-0.15, -0.1) is 0 Å². The third-order valence-electron chi connectivity index (χ3n) is 3.11. The molecular weight excluding hydrogens is 200 g/mol. The summed E-state index contributed by atoms with van der Waals surface area (Å²) in [6.07, 6.45) is 4.76. The van der Waals surface area contributed by atoms with Crippen LogP contribution in [-0.2, 0) is 6.54 Å². The molecule has 1 aliphatic heterocycles. The van der Waals surface area contributed by atoms with Crippen molar-refractivity contribution in [2.45, 2.75) is 26.8 Å². The molecule has 0 aliphatic carbocycles. The fourth-order valence-electron chi connectivity index (χ4n) is 2.60. The molecule has 1 aromatic heterocycles. The van der Waals surface area contributed by atoms with Crippen LogP contribution in [0.4, 0.5) is 5.82 Å². The molecule has 0 amide bonds. The van der Waals surface area contributed by atoms with E-state index in [4.69, 9.17) is 5.73 Å². The van der Waals surface area contributed by atoms with E-state index in [0.717, 1.165) is 36.4 Å². The van der Waals surface area contributed by atoms with Crippen molar-refractivity contribution in [2.24, 2.45) is 17.6 Å². The van der Waals surface area contributed by atoms with Crippen LogP contribution in [0.2, 0.25) is 0 Å². The van der Waals surface area contributed by atoms with Crippen molar-refractivity contribution in [3.8, 4) is 0 Å². The van der Waals surface area contributed by atoms with Crippen LogP contribution in [0.15, 0.2) is 12.4 Å². The molecule has 4 heteroatoms. The van der Waals surface area contributed by atoms with Crippen LogP contribution in [-0.4, -0.2) is 23.1 Å². The molecule has 0 spiro atoms. The smallest absolute Gasteiger partial charge is 0.151 e. The lowest BCUT2D eigenvalue weighted by molar-refractivity contribution is 0.354. The Morgan fingerprint density at radius 2 is 1.88 bits per heavy atom. The maximum atomic E-state index is 5.70. The average Bonchev–Trinajstić information content (AvgIpc) is 2.27. The van der Waals surface area contributed by atoms with Crippen molar-refractivity contribution in [2.75, 3.05) is 18.0 Å². The van der Waals surface area contributed by atoms with Crippen LogP contribution in [0.1, 0.15) is 26.0 Å². The van der Waals surface area contributed by atoms with Gasteiger partial charge in [-0.1, -0.05) is 13.8 Å². The van der Waals surface area contributed by atoms with E-state index in [-0.39, 0.29) is 0 Å². The lowest BCUT2D eigenvalue weighted by atomic mass is 9.92. The largest absolute Gasteiger partial charge is 0.355 e. The van der Waals surface area contributed by atoms with Gasteiger partial charge in [-0.05, 0) is 18.3 Å². The summed E-state index contributed by atoms with van der Waals surface area (Å²) >= 11 is 0. The fraction of sp³-hybridized carbons (Fsp3) is 0.667. The van der Waals surface area contributed by atoms with Gasteiger partial charge in [-0.25, -0.2) is 4.98 Å². The number of rotatable bonds is 2.